The third kappa shape index (κ3) is 3.54. The van der Waals surface area contributed by atoms with Gasteiger partial charge < -0.3 is 10.2 Å². The Labute approximate surface area is 151 Å². The molecule has 0 atom stereocenters. The number of anilines is 1. The van der Waals surface area contributed by atoms with Crippen molar-refractivity contribution in [2.24, 2.45) is 0 Å². The fraction of sp³-hybridized carbons (Fsp3) is 0.200. The van der Waals surface area contributed by atoms with Crippen LogP contribution in [0.25, 0.3) is 0 Å². The van der Waals surface area contributed by atoms with E-state index >= 15 is 0 Å². The monoisotopic (exact) mass is 345 g/mol. The molecule has 2 aromatic heterocycles. The van der Waals surface area contributed by atoms with Crippen LogP contribution in [0.2, 0.25) is 0 Å². The van der Waals surface area contributed by atoms with Crippen molar-refractivity contribution in [3.63, 3.8) is 0 Å². The van der Waals surface area contributed by atoms with E-state index in [2.05, 4.69) is 32.4 Å². The van der Waals surface area contributed by atoms with Crippen molar-refractivity contribution in [3.8, 4) is 0 Å². The third-order valence-electron chi connectivity index (χ3n) is 4.52. The molecule has 0 saturated carbocycles. The van der Waals surface area contributed by atoms with Crippen LogP contribution in [-0.2, 0) is 19.5 Å². The average molecular weight is 345 g/mol. The molecule has 3 aromatic rings. The quantitative estimate of drug-likeness (QED) is 0.787. The van der Waals surface area contributed by atoms with E-state index in [0.29, 0.717) is 24.6 Å². The number of aromatic nitrogens is 3. The Kier molecular flexibility index (Phi) is 4.55. The number of pyridine rings is 1. The van der Waals surface area contributed by atoms with Crippen molar-refractivity contribution >= 4 is 11.9 Å². The molecule has 0 spiro atoms. The number of nitrogens with one attached hydrogen (secondary N) is 1. The molecule has 0 bridgehead atoms. The predicted molar refractivity (Wildman–Crippen MR) is 98.5 cm³/mol. The van der Waals surface area contributed by atoms with Crippen LogP contribution in [0.15, 0.2) is 61.2 Å². The molecular weight excluding hydrogens is 326 g/mol. The van der Waals surface area contributed by atoms with Gasteiger partial charge in [-0.05, 0) is 35.2 Å². The number of hydrogen-bond acceptors (Lipinski definition) is 5. The molecule has 1 aromatic carbocycles. The van der Waals surface area contributed by atoms with E-state index < -0.39 is 0 Å². The lowest BCUT2D eigenvalue weighted by Gasteiger charge is -2.28. The van der Waals surface area contributed by atoms with Gasteiger partial charge in [0.2, 0.25) is 5.95 Å². The molecule has 6 heteroatoms. The summed E-state index contributed by atoms with van der Waals surface area (Å²) < 4.78 is 0. The average Bonchev–Trinajstić information content (AvgIpc) is 2.72. The second kappa shape index (κ2) is 7.31. The van der Waals surface area contributed by atoms with Crippen molar-refractivity contribution < 1.29 is 4.79 Å². The van der Waals surface area contributed by atoms with Gasteiger partial charge in [0.15, 0.2) is 0 Å². The summed E-state index contributed by atoms with van der Waals surface area (Å²) in [5.41, 5.74) is 4.14. The van der Waals surface area contributed by atoms with Gasteiger partial charge in [0.05, 0.1) is 5.56 Å². The summed E-state index contributed by atoms with van der Waals surface area (Å²) in [6.45, 7) is 1.97. The molecule has 1 aliphatic rings. The van der Waals surface area contributed by atoms with Gasteiger partial charge >= 0.3 is 0 Å². The molecule has 0 unspecified atom stereocenters. The lowest BCUT2D eigenvalue weighted by molar-refractivity contribution is 0.0734. The van der Waals surface area contributed by atoms with Crippen LogP contribution in [0.1, 0.15) is 27.0 Å². The topological polar surface area (TPSA) is 71.0 Å². The van der Waals surface area contributed by atoms with E-state index in [1.54, 1.807) is 24.8 Å². The fourth-order valence-corrected chi connectivity index (χ4v) is 3.06. The Morgan fingerprint density at radius 1 is 1.04 bits per heavy atom. The Morgan fingerprint density at radius 3 is 2.54 bits per heavy atom. The van der Waals surface area contributed by atoms with Gasteiger partial charge in [-0.3, -0.25) is 9.78 Å². The highest BCUT2D eigenvalue weighted by Crippen LogP contribution is 2.20. The van der Waals surface area contributed by atoms with E-state index in [1.165, 1.54) is 11.1 Å². The first kappa shape index (κ1) is 16.2. The van der Waals surface area contributed by atoms with Crippen molar-refractivity contribution in [1.29, 1.82) is 0 Å². The minimum Gasteiger partial charge on any atom is -0.350 e. The second-order valence-electron chi connectivity index (χ2n) is 6.25. The molecule has 1 aliphatic heterocycles. The molecular formula is C20H19N5O. The highest BCUT2D eigenvalue weighted by atomic mass is 16.2. The van der Waals surface area contributed by atoms with Crippen LogP contribution in [0.5, 0.6) is 0 Å². The molecule has 1 amide bonds. The SMILES string of the molecule is O=C(c1cnc(NCc2ccncc2)nc1)N1CCc2ccccc2C1. The number of fused-ring (bicyclic) bond motifs is 1. The third-order valence-corrected chi connectivity index (χ3v) is 4.52. The first-order chi connectivity index (χ1) is 12.8. The Hall–Kier alpha value is -3.28. The molecule has 6 nitrogen and oxygen atoms in total. The minimum atomic E-state index is -0.0276. The van der Waals surface area contributed by atoms with Crippen LogP contribution in [0.4, 0.5) is 5.95 Å². The summed E-state index contributed by atoms with van der Waals surface area (Å²) in [5, 5.41) is 3.14. The first-order valence-electron chi connectivity index (χ1n) is 8.60. The van der Waals surface area contributed by atoms with E-state index in [0.717, 1.165) is 18.5 Å². The Balaban J connectivity index is 1.40. The van der Waals surface area contributed by atoms with Crippen LogP contribution in [0.3, 0.4) is 0 Å². The zero-order chi connectivity index (χ0) is 17.8. The molecule has 3 heterocycles. The van der Waals surface area contributed by atoms with Gasteiger partial charge in [-0.25, -0.2) is 9.97 Å². The molecule has 0 radical (unpaired) electrons. The van der Waals surface area contributed by atoms with Gasteiger partial charge in [0, 0.05) is 44.4 Å². The maximum absolute atomic E-state index is 12.7. The van der Waals surface area contributed by atoms with Crippen molar-refractivity contribution in [2.75, 3.05) is 11.9 Å². The molecule has 0 aliphatic carbocycles. The number of hydrogen-bond donors (Lipinski definition) is 1. The van der Waals surface area contributed by atoms with Crippen molar-refractivity contribution in [1.82, 2.24) is 19.9 Å². The molecule has 130 valence electrons. The highest BCUT2D eigenvalue weighted by molar-refractivity contribution is 5.93. The van der Waals surface area contributed by atoms with Gasteiger partial charge in [-0.15, -0.1) is 0 Å². The van der Waals surface area contributed by atoms with E-state index in [-0.39, 0.29) is 5.91 Å². The van der Waals surface area contributed by atoms with Gasteiger partial charge in [-0.1, -0.05) is 24.3 Å². The first-order valence-corrected chi connectivity index (χ1v) is 8.60. The van der Waals surface area contributed by atoms with Gasteiger partial charge in [0.25, 0.3) is 5.91 Å². The van der Waals surface area contributed by atoms with Gasteiger partial charge in [0.1, 0.15) is 0 Å². The number of amides is 1. The number of carbonyl (C=O) groups is 1. The fourth-order valence-electron chi connectivity index (χ4n) is 3.06. The lowest BCUT2D eigenvalue weighted by Crippen LogP contribution is -2.36. The minimum absolute atomic E-state index is 0.0276. The van der Waals surface area contributed by atoms with E-state index in [4.69, 9.17) is 0 Å². The van der Waals surface area contributed by atoms with Crippen LogP contribution in [0, 0.1) is 0 Å². The lowest BCUT2D eigenvalue weighted by atomic mass is 9.99. The molecule has 4 rings (SSSR count). The smallest absolute Gasteiger partial charge is 0.257 e. The van der Waals surface area contributed by atoms with E-state index in [9.17, 15) is 4.79 Å². The number of carbonyl (C=O) groups excluding carboxylic acids is 1. The maximum atomic E-state index is 12.7. The predicted octanol–water partition coefficient (Wildman–Crippen LogP) is 2.68. The van der Waals surface area contributed by atoms with E-state index in [1.807, 2.05) is 29.2 Å². The Bertz CT molecular complexity index is 896. The number of rotatable bonds is 4. The van der Waals surface area contributed by atoms with Gasteiger partial charge in [-0.2, -0.15) is 0 Å². The highest BCUT2D eigenvalue weighted by Gasteiger charge is 2.21. The summed E-state index contributed by atoms with van der Waals surface area (Å²) >= 11 is 0. The summed E-state index contributed by atoms with van der Waals surface area (Å²) in [4.78, 5) is 27.1. The summed E-state index contributed by atoms with van der Waals surface area (Å²) in [6, 6.07) is 12.1. The normalized spacial score (nSPS) is 13.2. The standard InChI is InChI=1S/C20H19N5O/c26-19(25-10-7-16-3-1-2-4-17(16)14-25)18-12-23-20(24-13-18)22-11-15-5-8-21-9-6-15/h1-6,8-9,12-13H,7,10-11,14H2,(H,22,23,24). The molecule has 1 N–H and O–H groups in total. The maximum Gasteiger partial charge on any atom is 0.257 e. The van der Waals surface area contributed by atoms with Crippen LogP contribution < -0.4 is 5.32 Å². The van der Waals surface area contributed by atoms with Crippen molar-refractivity contribution in [2.45, 2.75) is 19.5 Å². The van der Waals surface area contributed by atoms with Crippen LogP contribution in [-0.4, -0.2) is 32.3 Å². The van der Waals surface area contributed by atoms with Crippen molar-refractivity contribution in [3.05, 3.63) is 83.4 Å². The summed E-state index contributed by atoms with van der Waals surface area (Å²) in [6.07, 6.45) is 7.55. The summed E-state index contributed by atoms with van der Waals surface area (Å²) in [7, 11) is 0. The second-order valence-corrected chi connectivity index (χ2v) is 6.25. The number of benzene rings is 1. The zero-order valence-electron chi connectivity index (χ0n) is 14.3. The Morgan fingerprint density at radius 2 is 1.77 bits per heavy atom. The summed E-state index contributed by atoms with van der Waals surface area (Å²) in [5.74, 6) is 0.475. The number of nitrogens with zero attached hydrogens (tertiary/aromatic N) is 4. The molecule has 0 saturated heterocycles. The molecule has 0 fully saturated rings. The molecule has 26 heavy (non-hydrogen) atoms. The van der Waals surface area contributed by atoms with Crippen LogP contribution >= 0.6 is 0 Å². The largest absolute Gasteiger partial charge is 0.350 e. The zero-order valence-corrected chi connectivity index (χ0v) is 14.3.